The summed E-state index contributed by atoms with van der Waals surface area (Å²) >= 11 is 6.10. The molecule has 10 heteroatoms. The zero-order valence-electron chi connectivity index (χ0n) is 13.7. The summed E-state index contributed by atoms with van der Waals surface area (Å²) in [4.78, 5) is 28.3. The van der Waals surface area contributed by atoms with E-state index in [9.17, 15) is 14.9 Å². The molecule has 2 aromatic rings. The van der Waals surface area contributed by atoms with E-state index in [1.807, 2.05) is 4.90 Å². The molecule has 0 spiro atoms. The Morgan fingerprint density at radius 1 is 1.42 bits per heavy atom. The molecular weight excluding hydrogens is 362 g/mol. The van der Waals surface area contributed by atoms with Crippen LogP contribution in [0.15, 0.2) is 29.4 Å². The molecule has 0 aliphatic carbocycles. The summed E-state index contributed by atoms with van der Waals surface area (Å²) < 4.78 is 5.23. The highest BCUT2D eigenvalue weighted by Crippen LogP contribution is 2.23. The van der Waals surface area contributed by atoms with Gasteiger partial charge in [-0.3, -0.25) is 19.8 Å². The summed E-state index contributed by atoms with van der Waals surface area (Å²) in [5.41, 5.74) is 3.31. The van der Waals surface area contributed by atoms with E-state index in [1.54, 1.807) is 12.1 Å². The Hall–Kier alpha value is -2.62. The van der Waals surface area contributed by atoms with E-state index in [2.05, 4.69) is 15.5 Å². The zero-order chi connectivity index (χ0) is 18.5. The van der Waals surface area contributed by atoms with Crippen molar-refractivity contribution in [2.45, 2.75) is 0 Å². The Morgan fingerprint density at radius 3 is 2.92 bits per heavy atom. The molecule has 1 saturated heterocycles. The Kier molecular flexibility index (Phi) is 5.71. The average Bonchev–Trinajstić information content (AvgIpc) is 2.62. The van der Waals surface area contributed by atoms with Gasteiger partial charge in [0.15, 0.2) is 0 Å². The minimum Gasteiger partial charge on any atom is -0.379 e. The molecule has 0 saturated carbocycles. The van der Waals surface area contributed by atoms with Crippen molar-refractivity contribution >= 4 is 40.3 Å². The fourth-order valence-corrected chi connectivity index (χ4v) is 2.72. The number of hydrogen-bond donors (Lipinski definition) is 1. The second-order valence-electron chi connectivity index (χ2n) is 5.68. The first-order chi connectivity index (χ1) is 12.5. The van der Waals surface area contributed by atoms with Crippen molar-refractivity contribution in [1.29, 1.82) is 0 Å². The lowest BCUT2D eigenvalue weighted by Gasteiger charge is -2.25. The van der Waals surface area contributed by atoms with Gasteiger partial charge in [-0.1, -0.05) is 11.6 Å². The maximum atomic E-state index is 11.9. The van der Waals surface area contributed by atoms with Gasteiger partial charge < -0.3 is 4.74 Å². The summed E-state index contributed by atoms with van der Waals surface area (Å²) in [6, 6.07) is 6.03. The van der Waals surface area contributed by atoms with Crippen LogP contribution in [0.5, 0.6) is 0 Å². The van der Waals surface area contributed by atoms with Crippen LogP contribution >= 0.6 is 11.6 Å². The molecule has 0 atom stereocenters. The molecule has 3 rings (SSSR count). The minimum absolute atomic E-state index is 0.0575. The summed E-state index contributed by atoms with van der Waals surface area (Å²) in [6.45, 7) is 2.90. The number of nitrogens with zero attached hydrogens (tertiary/aromatic N) is 4. The van der Waals surface area contributed by atoms with Crippen LogP contribution in [0.2, 0.25) is 5.15 Å². The van der Waals surface area contributed by atoms with Gasteiger partial charge in [0, 0.05) is 36.2 Å². The van der Waals surface area contributed by atoms with Gasteiger partial charge in [-0.15, -0.1) is 0 Å². The summed E-state index contributed by atoms with van der Waals surface area (Å²) in [7, 11) is 0. The van der Waals surface area contributed by atoms with Gasteiger partial charge in [-0.25, -0.2) is 10.4 Å². The largest absolute Gasteiger partial charge is 0.379 e. The lowest BCUT2D eigenvalue weighted by Crippen LogP contribution is -2.42. The summed E-state index contributed by atoms with van der Waals surface area (Å²) in [5.74, 6) is -0.233. The molecule has 136 valence electrons. The van der Waals surface area contributed by atoms with E-state index in [0.29, 0.717) is 42.8 Å². The van der Waals surface area contributed by atoms with Gasteiger partial charge in [-0.05, 0) is 12.1 Å². The molecular formula is C16H16ClN5O4. The topological polar surface area (TPSA) is 110 Å². The normalized spacial score (nSPS) is 15.4. The van der Waals surface area contributed by atoms with E-state index in [4.69, 9.17) is 16.3 Å². The number of halogens is 1. The number of fused-ring (bicyclic) bond motifs is 1. The van der Waals surface area contributed by atoms with E-state index in [1.165, 1.54) is 18.3 Å². The molecule has 1 aromatic carbocycles. The standard InChI is InChI=1S/C16H16ClN5O4/c17-16-12(7-11-1-2-13(22(24)25)8-14(11)19-16)9-18-20-15(23)10-21-3-5-26-6-4-21/h1-2,7-9H,3-6,10H2,(H,20,23)/b18-9-. The minimum atomic E-state index is -0.492. The molecule has 0 radical (unpaired) electrons. The number of morpholine rings is 1. The molecule has 1 aliphatic rings. The first kappa shape index (κ1) is 18.2. The van der Waals surface area contributed by atoms with E-state index in [0.717, 1.165) is 0 Å². The fraction of sp³-hybridized carbons (Fsp3) is 0.312. The van der Waals surface area contributed by atoms with Gasteiger partial charge in [0.2, 0.25) is 0 Å². The smallest absolute Gasteiger partial charge is 0.271 e. The predicted octanol–water partition coefficient (Wildman–Crippen LogP) is 1.58. The summed E-state index contributed by atoms with van der Waals surface area (Å²) in [6.07, 6.45) is 1.40. The summed E-state index contributed by atoms with van der Waals surface area (Å²) in [5, 5.41) is 15.5. The van der Waals surface area contributed by atoms with Crippen LogP contribution in [0.3, 0.4) is 0 Å². The van der Waals surface area contributed by atoms with Crippen molar-refractivity contribution in [3.63, 3.8) is 0 Å². The number of rotatable bonds is 5. The SMILES string of the molecule is O=C(CN1CCOCC1)N/N=C\c1cc2ccc([N+](=O)[O-])cc2nc1Cl. The van der Waals surface area contributed by atoms with Crippen LogP contribution in [0, 0.1) is 10.1 Å². The quantitative estimate of drug-likeness (QED) is 0.366. The van der Waals surface area contributed by atoms with E-state index in [-0.39, 0.29) is 23.3 Å². The van der Waals surface area contributed by atoms with Gasteiger partial charge in [0.25, 0.3) is 11.6 Å². The molecule has 0 unspecified atom stereocenters. The number of benzene rings is 1. The Morgan fingerprint density at radius 2 is 2.19 bits per heavy atom. The average molecular weight is 378 g/mol. The van der Waals surface area contributed by atoms with Gasteiger partial charge in [0.05, 0.1) is 36.4 Å². The number of amides is 1. The highest BCUT2D eigenvalue weighted by atomic mass is 35.5. The number of ether oxygens (including phenoxy) is 1. The monoisotopic (exact) mass is 377 g/mol. The van der Waals surface area contributed by atoms with Crippen LogP contribution in [0.4, 0.5) is 5.69 Å². The number of pyridine rings is 1. The maximum absolute atomic E-state index is 11.9. The van der Waals surface area contributed by atoms with E-state index < -0.39 is 4.92 Å². The highest BCUT2D eigenvalue weighted by molar-refractivity contribution is 6.32. The Labute approximate surface area is 153 Å². The fourth-order valence-electron chi connectivity index (χ4n) is 2.52. The Balaban J connectivity index is 1.66. The van der Waals surface area contributed by atoms with E-state index >= 15 is 0 Å². The van der Waals surface area contributed by atoms with Crippen LogP contribution in [-0.2, 0) is 9.53 Å². The van der Waals surface area contributed by atoms with Crippen LogP contribution in [0.25, 0.3) is 10.9 Å². The second-order valence-corrected chi connectivity index (χ2v) is 6.04. The number of nitrogens with one attached hydrogen (secondary N) is 1. The van der Waals surface area contributed by atoms with Crippen molar-refractivity contribution < 1.29 is 14.5 Å². The second kappa shape index (κ2) is 8.17. The predicted molar refractivity (Wildman–Crippen MR) is 96.4 cm³/mol. The third-order valence-electron chi connectivity index (χ3n) is 3.86. The third kappa shape index (κ3) is 4.51. The van der Waals surface area contributed by atoms with Crippen molar-refractivity contribution in [1.82, 2.24) is 15.3 Å². The molecule has 26 heavy (non-hydrogen) atoms. The molecule has 9 nitrogen and oxygen atoms in total. The number of non-ortho nitro benzene ring substituents is 1. The van der Waals surface area contributed by atoms with Crippen molar-refractivity contribution in [3.05, 3.63) is 45.1 Å². The van der Waals surface area contributed by atoms with Gasteiger partial charge in [-0.2, -0.15) is 5.10 Å². The zero-order valence-corrected chi connectivity index (χ0v) is 14.5. The first-order valence-electron chi connectivity index (χ1n) is 7.89. The maximum Gasteiger partial charge on any atom is 0.271 e. The number of carbonyl (C=O) groups excluding carboxylic acids is 1. The van der Waals surface area contributed by atoms with Crippen molar-refractivity contribution in [3.8, 4) is 0 Å². The molecule has 1 amide bonds. The molecule has 1 N–H and O–H groups in total. The lowest BCUT2D eigenvalue weighted by atomic mass is 10.1. The third-order valence-corrected chi connectivity index (χ3v) is 4.16. The number of carbonyl (C=O) groups is 1. The number of nitro groups is 1. The van der Waals surface area contributed by atoms with Crippen molar-refractivity contribution in [2.24, 2.45) is 5.10 Å². The number of hydrogen-bond acceptors (Lipinski definition) is 7. The van der Waals surface area contributed by atoms with Gasteiger partial charge >= 0.3 is 0 Å². The number of aromatic nitrogens is 1. The first-order valence-corrected chi connectivity index (χ1v) is 8.27. The number of nitro benzene ring substituents is 1. The van der Waals surface area contributed by atoms with Crippen molar-refractivity contribution in [2.75, 3.05) is 32.8 Å². The van der Waals surface area contributed by atoms with Crippen LogP contribution in [0.1, 0.15) is 5.56 Å². The lowest BCUT2D eigenvalue weighted by molar-refractivity contribution is -0.384. The van der Waals surface area contributed by atoms with Gasteiger partial charge in [0.1, 0.15) is 5.15 Å². The Bertz CT molecular complexity index is 867. The van der Waals surface area contributed by atoms with Crippen LogP contribution in [-0.4, -0.2) is 59.8 Å². The molecule has 0 bridgehead atoms. The number of hydrazone groups is 1. The molecule has 1 aromatic heterocycles. The van der Waals surface area contributed by atoms with Crippen LogP contribution < -0.4 is 5.43 Å². The highest BCUT2D eigenvalue weighted by Gasteiger charge is 2.13. The molecule has 1 fully saturated rings. The molecule has 2 heterocycles. The molecule has 1 aliphatic heterocycles.